The number of carbonyl (C=O) groups is 2. The van der Waals surface area contributed by atoms with E-state index >= 15 is 0 Å². The van der Waals surface area contributed by atoms with Gasteiger partial charge in [0, 0.05) is 11.4 Å². The number of carboxylic acids is 1. The molecule has 8 nitrogen and oxygen atoms in total. The fourth-order valence-corrected chi connectivity index (χ4v) is 4.10. The van der Waals surface area contributed by atoms with Crippen LogP contribution in [0, 0.1) is 0 Å². The summed E-state index contributed by atoms with van der Waals surface area (Å²) in [5.41, 5.74) is -0.114. The van der Waals surface area contributed by atoms with E-state index in [0.717, 1.165) is 0 Å². The molecule has 0 radical (unpaired) electrons. The zero-order valence-electron chi connectivity index (χ0n) is 18.7. The van der Waals surface area contributed by atoms with Gasteiger partial charge in [0.2, 0.25) is 10.0 Å². The number of carbonyl (C=O) groups excluding carboxylic acids is 1. The quantitative estimate of drug-likeness (QED) is 0.358. The molecule has 10 heteroatoms. The van der Waals surface area contributed by atoms with E-state index in [2.05, 4.69) is 4.72 Å². The first kappa shape index (κ1) is 26.6. The number of sulfonamides is 1. The number of benzene rings is 2. The van der Waals surface area contributed by atoms with Gasteiger partial charge in [0.1, 0.15) is 17.4 Å². The first-order chi connectivity index (χ1) is 15.4. The highest BCUT2D eigenvalue weighted by Crippen LogP contribution is 2.19. The van der Waals surface area contributed by atoms with Crippen LogP contribution in [0.25, 0.3) is 0 Å². The van der Waals surface area contributed by atoms with Crippen molar-refractivity contribution in [2.24, 2.45) is 0 Å². The number of ether oxygens (including phenoxy) is 2. The normalized spacial score (nSPS) is 12.7. The summed E-state index contributed by atoms with van der Waals surface area (Å²) in [6.07, 6.45) is 0.453. The zero-order valence-corrected chi connectivity index (χ0v) is 20.3. The van der Waals surface area contributed by atoms with E-state index in [1.165, 1.54) is 24.3 Å². The van der Waals surface area contributed by atoms with Gasteiger partial charge in [-0.1, -0.05) is 23.7 Å². The number of carboxylic acid groups (broad SMARTS) is 1. The highest BCUT2D eigenvalue weighted by Gasteiger charge is 2.30. The van der Waals surface area contributed by atoms with Crippen LogP contribution >= 0.6 is 11.6 Å². The summed E-state index contributed by atoms with van der Waals surface area (Å²) in [5, 5.41) is 9.06. The van der Waals surface area contributed by atoms with Gasteiger partial charge in [0.05, 0.1) is 11.5 Å². The second kappa shape index (κ2) is 11.5. The first-order valence-corrected chi connectivity index (χ1v) is 12.2. The van der Waals surface area contributed by atoms with Crippen molar-refractivity contribution in [3.63, 3.8) is 0 Å². The minimum Gasteiger partial charge on any atom is -0.494 e. The number of nitrogens with one attached hydrogen (secondary N) is 1. The predicted octanol–water partition coefficient (Wildman–Crippen LogP) is 3.81. The van der Waals surface area contributed by atoms with Crippen LogP contribution in [-0.4, -0.2) is 43.7 Å². The highest BCUT2D eigenvalue weighted by molar-refractivity contribution is 7.89. The van der Waals surface area contributed by atoms with Gasteiger partial charge < -0.3 is 14.6 Å². The Morgan fingerprint density at radius 3 is 2.21 bits per heavy atom. The van der Waals surface area contributed by atoms with Gasteiger partial charge in [0.15, 0.2) is 0 Å². The molecule has 2 rings (SSSR count). The van der Waals surface area contributed by atoms with E-state index in [-0.39, 0.29) is 24.3 Å². The molecule has 1 unspecified atom stereocenters. The van der Waals surface area contributed by atoms with E-state index in [1.807, 2.05) is 0 Å². The maximum atomic E-state index is 12.8. The smallest absolute Gasteiger partial charge is 0.325 e. The van der Waals surface area contributed by atoms with E-state index in [0.29, 0.717) is 22.8 Å². The summed E-state index contributed by atoms with van der Waals surface area (Å²) in [5.74, 6) is -1.04. The molecule has 2 aromatic carbocycles. The molecule has 0 amide bonds. The summed E-state index contributed by atoms with van der Waals surface area (Å²) in [6.45, 7) is 5.36. The second-order valence-electron chi connectivity index (χ2n) is 8.36. The molecule has 180 valence electrons. The van der Waals surface area contributed by atoms with Crippen LogP contribution in [0.5, 0.6) is 5.75 Å². The van der Waals surface area contributed by atoms with Gasteiger partial charge in [-0.05, 0) is 75.6 Å². The monoisotopic (exact) mass is 497 g/mol. The van der Waals surface area contributed by atoms with E-state index < -0.39 is 33.6 Å². The lowest BCUT2D eigenvalue weighted by Gasteiger charge is -2.24. The number of halogens is 1. The van der Waals surface area contributed by atoms with Crippen molar-refractivity contribution in [2.75, 3.05) is 6.61 Å². The predicted molar refractivity (Wildman–Crippen MR) is 124 cm³/mol. The van der Waals surface area contributed by atoms with Gasteiger partial charge in [0.25, 0.3) is 0 Å². The fourth-order valence-electron chi connectivity index (χ4n) is 2.79. The number of aliphatic carboxylic acids is 1. The van der Waals surface area contributed by atoms with Gasteiger partial charge in [-0.25, -0.2) is 8.42 Å². The Morgan fingerprint density at radius 2 is 1.67 bits per heavy atom. The number of rotatable bonds is 11. The fraction of sp³-hybridized carbons (Fsp3) is 0.391. The lowest BCUT2D eigenvalue weighted by atomic mass is 10.1. The van der Waals surface area contributed by atoms with Crippen molar-refractivity contribution in [2.45, 2.75) is 56.6 Å². The maximum absolute atomic E-state index is 12.8. The molecule has 0 aromatic heterocycles. The molecule has 0 aliphatic carbocycles. The van der Waals surface area contributed by atoms with E-state index in [4.69, 9.17) is 26.2 Å². The minimum absolute atomic E-state index is 0.0173. The Balaban J connectivity index is 2.14. The summed E-state index contributed by atoms with van der Waals surface area (Å²) in [6, 6.07) is 11.2. The van der Waals surface area contributed by atoms with Crippen LogP contribution in [0.3, 0.4) is 0 Å². The summed E-state index contributed by atoms with van der Waals surface area (Å²) in [7, 11) is -4.01. The molecule has 0 bridgehead atoms. The van der Waals surface area contributed by atoms with Crippen molar-refractivity contribution in [1.82, 2.24) is 4.72 Å². The molecule has 0 aliphatic heterocycles. The molecule has 0 fully saturated rings. The SMILES string of the molecule is CC(C)(C)OC(=O)C(Cc1ccc(OCCCC(=O)O)cc1)NS(=O)(=O)c1ccc(Cl)cc1. The van der Waals surface area contributed by atoms with Crippen molar-refractivity contribution in [3.05, 3.63) is 59.1 Å². The minimum atomic E-state index is -4.01. The van der Waals surface area contributed by atoms with Gasteiger partial charge in [-0.3, -0.25) is 9.59 Å². The third kappa shape index (κ3) is 9.41. The Hall–Kier alpha value is -2.62. The van der Waals surface area contributed by atoms with Gasteiger partial charge in [-0.2, -0.15) is 4.72 Å². The Labute approximate surface area is 198 Å². The molecule has 0 saturated heterocycles. The van der Waals surface area contributed by atoms with Crippen LogP contribution in [0.1, 0.15) is 39.2 Å². The van der Waals surface area contributed by atoms with Crippen molar-refractivity contribution < 1.29 is 32.6 Å². The average molecular weight is 498 g/mol. The number of esters is 1. The average Bonchev–Trinajstić information content (AvgIpc) is 2.70. The Kier molecular flexibility index (Phi) is 9.27. The Bertz CT molecular complexity index is 1050. The standard InChI is InChI=1S/C23H28ClNO7S/c1-23(2,3)32-22(28)20(25-33(29,30)19-12-8-17(24)9-13-19)15-16-6-10-18(11-7-16)31-14-4-5-21(26)27/h6-13,20,25H,4-5,14-15H2,1-3H3,(H,26,27). The van der Waals surface area contributed by atoms with Crippen LogP contribution in [0.15, 0.2) is 53.4 Å². The van der Waals surface area contributed by atoms with E-state index in [1.54, 1.807) is 45.0 Å². The molecule has 0 heterocycles. The topological polar surface area (TPSA) is 119 Å². The van der Waals surface area contributed by atoms with E-state index in [9.17, 15) is 18.0 Å². The first-order valence-electron chi connectivity index (χ1n) is 10.3. The summed E-state index contributed by atoms with van der Waals surface area (Å²) >= 11 is 5.84. The molecular weight excluding hydrogens is 470 g/mol. The summed E-state index contributed by atoms with van der Waals surface area (Å²) in [4.78, 5) is 23.3. The molecule has 2 aromatic rings. The van der Waals surface area contributed by atoms with Crippen LogP contribution in [0.4, 0.5) is 0 Å². The molecule has 0 spiro atoms. The molecule has 0 aliphatic rings. The number of hydrogen-bond acceptors (Lipinski definition) is 6. The van der Waals surface area contributed by atoms with Gasteiger partial charge in [-0.15, -0.1) is 0 Å². The number of hydrogen-bond donors (Lipinski definition) is 2. The molecule has 2 N–H and O–H groups in total. The van der Waals surface area contributed by atoms with Crippen LogP contribution in [0.2, 0.25) is 5.02 Å². The zero-order chi connectivity index (χ0) is 24.6. The van der Waals surface area contributed by atoms with Crippen LogP contribution in [-0.2, 0) is 30.8 Å². The Morgan fingerprint density at radius 1 is 1.06 bits per heavy atom. The van der Waals surface area contributed by atoms with Crippen molar-refractivity contribution in [1.29, 1.82) is 0 Å². The molecule has 1 atom stereocenters. The molecule has 33 heavy (non-hydrogen) atoms. The lowest BCUT2D eigenvalue weighted by molar-refractivity contribution is -0.156. The van der Waals surface area contributed by atoms with Crippen molar-refractivity contribution in [3.8, 4) is 5.75 Å². The van der Waals surface area contributed by atoms with Gasteiger partial charge >= 0.3 is 11.9 Å². The third-order valence-electron chi connectivity index (χ3n) is 4.28. The second-order valence-corrected chi connectivity index (χ2v) is 10.5. The maximum Gasteiger partial charge on any atom is 0.325 e. The molecular formula is C23H28ClNO7S. The third-order valence-corrected chi connectivity index (χ3v) is 6.02. The van der Waals surface area contributed by atoms with Crippen molar-refractivity contribution >= 4 is 33.6 Å². The highest BCUT2D eigenvalue weighted by atomic mass is 35.5. The largest absolute Gasteiger partial charge is 0.494 e. The molecule has 0 saturated carbocycles. The van der Waals surface area contributed by atoms with Crippen LogP contribution < -0.4 is 9.46 Å². The lowest BCUT2D eigenvalue weighted by Crippen LogP contribution is -2.45. The summed E-state index contributed by atoms with van der Waals surface area (Å²) < 4.78 is 39.0.